The molecular formula is C16H20ClN3O2. The smallest absolute Gasteiger partial charge is 0.239 e. The average Bonchev–Trinajstić information content (AvgIpc) is 2.88. The van der Waals surface area contributed by atoms with Gasteiger partial charge in [-0.25, -0.2) is 0 Å². The standard InChI is InChI=1S/C16H20ClN3O2/c1-11-10-19(8-6-18-11)15(21)14-5-7-20(16(14)22)13-4-2-3-12(17)9-13/h2-4,9,11,14,18H,5-8,10H2,1H3. The Morgan fingerprint density at radius 3 is 2.91 bits per heavy atom. The van der Waals surface area contributed by atoms with Crippen LogP contribution < -0.4 is 10.2 Å². The van der Waals surface area contributed by atoms with Gasteiger partial charge in [0.2, 0.25) is 11.8 Å². The van der Waals surface area contributed by atoms with E-state index in [2.05, 4.69) is 5.32 Å². The molecule has 0 saturated carbocycles. The van der Waals surface area contributed by atoms with Crippen LogP contribution in [-0.4, -0.2) is 48.9 Å². The monoisotopic (exact) mass is 321 g/mol. The highest BCUT2D eigenvalue weighted by Crippen LogP contribution is 2.28. The largest absolute Gasteiger partial charge is 0.339 e. The Hall–Kier alpha value is -1.59. The number of rotatable bonds is 2. The molecule has 118 valence electrons. The minimum atomic E-state index is -0.552. The zero-order valence-corrected chi connectivity index (χ0v) is 13.3. The van der Waals surface area contributed by atoms with Crippen molar-refractivity contribution in [3.05, 3.63) is 29.3 Å². The predicted molar refractivity (Wildman–Crippen MR) is 86.0 cm³/mol. The Kier molecular flexibility index (Phi) is 4.36. The van der Waals surface area contributed by atoms with E-state index in [4.69, 9.17) is 11.6 Å². The molecule has 0 radical (unpaired) electrons. The Morgan fingerprint density at radius 2 is 2.18 bits per heavy atom. The minimum Gasteiger partial charge on any atom is -0.339 e. The number of nitrogens with zero attached hydrogens (tertiary/aromatic N) is 2. The van der Waals surface area contributed by atoms with Gasteiger partial charge < -0.3 is 15.1 Å². The number of carbonyl (C=O) groups is 2. The van der Waals surface area contributed by atoms with Gasteiger partial charge >= 0.3 is 0 Å². The molecule has 2 aliphatic rings. The molecule has 1 N–H and O–H groups in total. The molecule has 6 heteroatoms. The van der Waals surface area contributed by atoms with Crippen LogP contribution in [0.3, 0.4) is 0 Å². The molecule has 0 aromatic heterocycles. The number of amides is 2. The summed E-state index contributed by atoms with van der Waals surface area (Å²) in [6.07, 6.45) is 0.572. The number of halogens is 1. The molecule has 5 nitrogen and oxygen atoms in total. The Balaban J connectivity index is 1.72. The van der Waals surface area contributed by atoms with E-state index in [1.807, 2.05) is 24.0 Å². The molecule has 2 fully saturated rings. The maximum Gasteiger partial charge on any atom is 0.239 e. The van der Waals surface area contributed by atoms with Gasteiger partial charge in [-0.1, -0.05) is 17.7 Å². The van der Waals surface area contributed by atoms with Crippen LogP contribution >= 0.6 is 11.6 Å². The van der Waals surface area contributed by atoms with Gasteiger partial charge in [0.05, 0.1) is 0 Å². The summed E-state index contributed by atoms with van der Waals surface area (Å²) < 4.78 is 0. The topological polar surface area (TPSA) is 52.7 Å². The third-order valence-corrected chi connectivity index (χ3v) is 4.54. The number of hydrogen-bond donors (Lipinski definition) is 1. The number of hydrogen-bond acceptors (Lipinski definition) is 3. The Labute approximate surface area is 135 Å². The summed E-state index contributed by atoms with van der Waals surface area (Å²) in [5.41, 5.74) is 0.765. The fraction of sp³-hybridized carbons (Fsp3) is 0.500. The highest BCUT2D eigenvalue weighted by Gasteiger charge is 2.40. The fourth-order valence-corrected chi connectivity index (χ4v) is 3.35. The Morgan fingerprint density at radius 1 is 1.36 bits per heavy atom. The van der Waals surface area contributed by atoms with Crippen molar-refractivity contribution in [3.8, 4) is 0 Å². The first kappa shape index (κ1) is 15.3. The SMILES string of the molecule is CC1CN(C(=O)C2CCN(c3cccc(Cl)c3)C2=O)CCN1. The molecule has 2 atom stereocenters. The van der Waals surface area contributed by atoms with Crippen LogP contribution in [0.15, 0.2) is 24.3 Å². The van der Waals surface area contributed by atoms with Gasteiger partial charge in [0.15, 0.2) is 0 Å². The van der Waals surface area contributed by atoms with Gasteiger partial charge in [-0.2, -0.15) is 0 Å². The summed E-state index contributed by atoms with van der Waals surface area (Å²) in [7, 11) is 0. The summed E-state index contributed by atoms with van der Waals surface area (Å²) in [5.74, 6) is -0.703. The molecule has 2 aliphatic heterocycles. The second kappa shape index (κ2) is 6.26. The molecule has 2 heterocycles. The van der Waals surface area contributed by atoms with Crippen molar-refractivity contribution in [2.24, 2.45) is 5.92 Å². The first-order valence-corrected chi connectivity index (χ1v) is 8.03. The van der Waals surface area contributed by atoms with Crippen LogP contribution in [-0.2, 0) is 9.59 Å². The van der Waals surface area contributed by atoms with Crippen LogP contribution in [0.4, 0.5) is 5.69 Å². The van der Waals surface area contributed by atoms with Crippen molar-refractivity contribution in [1.82, 2.24) is 10.2 Å². The zero-order valence-electron chi connectivity index (χ0n) is 12.6. The van der Waals surface area contributed by atoms with Gasteiger partial charge in [0.1, 0.15) is 5.92 Å². The minimum absolute atomic E-state index is 0.0390. The van der Waals surface area contributed by atoms with E-state index in [0.29, 0.717) is 31.1 Å². The number of piperazine rings is 1. The predicted octanol–water partition coefficient (Wildman–Crippen LogP) is 1.51. The van der Waals surface area contributed by atoms with Gasteiger partial charge in [0, 0.05) is 42.9 Å². The van der Waals surface area contributed by atoms with Crippen molar-refractivity contribution in [2.45, 2.75) is 19.4 Å². The van der Waals surface area contributed by atoms with Gasteiger partial charge in [-0.3, -0.25) is 9.59 Å². The summed E-state index contributed by atoms with van der Waals surface area (Å²) in [6.45, 7) is 4.74. The third-order valence-electron chi connectivity index (χ3n) is 4.30. The van der Waals surface area contributed by atoms with Crippen LogP contribution in [0, 0.1) is 5.92 Å². The lowest BCUT2D eigenvalue weighted by atomic mass is 10.1. The third kappa shape index (κ3) is 2.96. The average molecular weight is 322 g/mol. The maximum absolute atomic E-state index is 12.6. The van der Waals surface area contributed by atoms with Crippen molar-refractivity contribution in [3.63, 3.8) is 0 Å². The molecule has 2 unspecified atom stereocenters. The van der Waals surface area contributed by atoms with E-state index in [0.717, 1.165) is 12.2 Å². The van der Waals surface area contributed by atoms with Crippen molar-refractivity contribution >= 4 is 29.1 Å². The van der Waals surface area contributed by atoms with Crippen LogP contribution in [0.1, 0.15) is 13.3 Å². The van der Waals surface area contributed by atoms with Crippen molar-refractivity contribution in [2.75, 3.05) is 31.1 Å². The summed E-state index contributed by atoms with van der Waals surface area (Å²) in [5, 5.41) is 3.90. The van der Waals surface area contributed by atoms with Crippen LogP contribution in [0.25, 0.3) is 0 Å². The molecule has 1 aromatic rings. The first-order valence-electron chi connectivity index (χ1n) is 7.65. The molecule has 2 saturated heterocycles. The molecular weight excluding hydrogens is 302 g/mol. The van der Waals surface area contributed by atoms with Crippen LogP contribution in [0.2, 0.25) is 5.02 Å². The quantitative estimate of drug-likeness (QED) is 0.840. The number of nitrogens with one attached hydrogen (secondary N) is 1. The van der Waals surface area contributed by atoms with E-state index in [1.165, 1.54) is 0 Å². The highest BCUT2D eigenvalue weighted by atomic mass is 35.5. The normalized spacial score (nSPS) is 25.6. The van der Waals surface area contributed by atoms with E-state index in [1.54, 1.807) is 17.0 Å². The maximum atomic E-state index is 12.6. The van der Waals surface area contributed by atoms with E-state index < -0.39 is 5.92 Å². The molecule has 22 heavy (non-hydrogen) atoms. The van der Waals surface area contributed by atoms with Gasteiger partial charge in [-0.15, -0.1) is 0 Å². The molecule has 0 spiro atoms. The van der Waals surface area contributed by atoms with Crippen molar-refractivity contribution < 1.29 is 9.59 Å². The second-order valence-corrected chi connectivity index (χ2v) is 6.39. The fourth-order valence-electron chi connectivity index (χ4n) is 3.16. The van der Waals surface area contributed by atoms with E-state index >= 15 is 0 Å². The molecule has 3 rings (SSSR count). The number of carbonyl (C=O) groups excluding carboxylic acids is 2. The van der Waals surface area contributed by atoms with Crippen molar-refractivity contribution in [1.29, 1.82) is 0 Å². The van der Waals surface area contributed by atoms with Gasteiger partial charge in [-0.05, 0) is 31.5 Å². The summed E-state index contributed by atoms with van der Waals surface area (Å²) in [6, 6.07) is 7.48. The molecule has 0 bridgehead atoms. The zero-order chi connectivity index (χ0) is 15.7. The molecule has 1 aromatic carbocycles. The second-order valence-electron chi connectivity index (χ2n) is 5.95. The van der Waals surface area contributed by atoms with Gasteiger partial charge in [0.25, 0.3) is 0 Å². The lowest BCUT2D eigenvalue weighted by Gasteiger charge is -2.33. The number of benzene rings is 1. The lowest BCUT2D eigenvalue weighted by Crippen LogP contribution is -2.53. The molecule has 0 aliphatic carbocycles. The van der Waals surface area contributed by atoms with E-state index in [9.17, 15) is 9.59 Å². The Bertz CT molecular complexity index is 593. The lowest BCUT2D eigenvalue weighted by molar-refractivity contribution is -0.140. The molecule has 2 amide bonds. The highest BCUT2D eigenvalue weighted by molar-refractivity contribution is 6.31. The van der Waals surface area contributed by atoms with E-state index in [-0.39, 0.29) is 17.9 Å². The van der Waals surface area contributed by atoms with Crippen LogP contribution in [0.5, 0.6) is 0 Å². The summed E-state index contributed by atoms with van der Waals surface area (Å²) in [4.78, 5) is 28.7. The first-order chi connectivity index (χ1) is 10.6. The summed E-state index contributed by atoms with van der Waals surface area (Å²) >= 11 is 5.99. The number of anilines is 1.